The fourth-order valence-corrected chi connectivity index (χ4v) is 2.24. The van der Waals surface area contributed by atoms with E-state index in [9.17, 15) is 18.3 Å². The van der Waals surface area contributed by atoms with E-state index in [1.807, 2.05) is 0 Å². The number of benzene rings is 1. The van der Waals surface area contributed by atoms with Gasteiger partial charge >= 0.3 is 6.18 Å². The highest BCUT2D eigenvalue weighted by Crippen LogP contribution is 2.47. The van der Waals surface area contributed by atoms with Crippen LogP contribution in [-0.2, 0) is 5.60 Å². The molecule has 1 N–H and O–H groups in total. The number of alkyl halides is 3. The van der Waals surface area contributed by atoms with Gasteiger partial charge in [-0.1, -0.05) is 18.5 Å². The van der Waals surface area contributed by atoms with Crippen molar-refractivity contribution in [2.45, 2.75) is 39.0 Å². The van der Waals surface area contributed by atoms with Gasteiger partial charge in [0, 0.05) is 11.6 Å². The first-order valence-electron chi connectivity index (χ1n) is 6.59. The third-order valence-electron chi connectivity index (χ3n) is 3.06. The maximum absolute atomic E-state index is 13.2. The Balaban J connectivity index is 3.46. The Morgan fingerprint density at radius 3 is 1.90 bits per heavy atom. The van der Waals surface area contributed by atoms with Crippen LogP contribution in [0.2, 0.25) is 5.02 Å². The average Bonchev–Trinajstić information content (AvgIpc) is 2.40. The van der Waals surface area contributed by atoms with Gasteiger partial charge in [0.25, 0.3) is 0 Å². The van der Waals surface area contributed by atoms with Crippen molar-refractivity contribution in [1.29, 1.82) is 0 Å². The molecule has 1 aromatic rings. The van der Waals surface area contributed by atoms with E-state index in [4.69, 9.17) is 21.1 Å². The third kappa shape index (κ3) is 3.55. The molecule has 0 aliphatic carbocycles. The molecule has 0 saturated carbocycles. The van der Waals surface area contributed by atoms with Crippen LogP contribution in [0.5, 0.6) is 11.5 Å². The van der Waals surface area contributed by atoms with E-state index >= 15 is 0 Å². The molecule has 1 rings (SSSR count). The van der Waals surface area contributed by atoms with E-state index in [2.05, 4.69) is 0 Å². The number of hydrogen-bond donors (Lipinski definition) is 1. The molecule has 0 aliphatic rings. The number of halogens is 4. The maximum Gasteiger partial charge on any atom is 0.421 e. The van der Waals surface area contributed by atoms with Crippen molar-refractivity contribution in [3.05, 3.63) is 22.7 Å². The van der Waals surface area contributed by atoms with Crippen LogP contribution in [0.4, 0.5) is 13.2 Å². The molecule has 0 bridgehead atoms. The summed E-state index contributed by atoms with van der Waals surface area (Å²) in [6, 6.07) is 2.32. The highest BCUT2D eigenvalue weighted by atomic mass is 35.5. The monoisotopic (exact) mass is 326 g/mol. The normalized spacial score (nSPS) is 14.7. The molecule has 3 nitrogen and oxygen atoms in total. The number of ether oxygens (including phenoxy) is 2. The summed E-state index contributed by atoms with van der Waals surface area (Å²) in [5.74, 6) is 0.364. The largest absolute Gasteiger partial charge is 0.490 e. The summed E-state index contributed by atoms with van der Waals surface area (Å²) in [5, 5.41) is 9.80. The fourth-order valence-electron chi connectivity index (χ4n) is 1.93. The lowest BCUT2D eigenvalue weighted by atomic mass is 9.90. The van der Waals surface area contributed by atoms with Crippen LogP contribution in [0.1, 0.15) is 32.8 Å². The molecule has 120 valence electrons. The lowest BCUT2D eigenvalue weighted by molar-refractivity contribution is -0.267. The van der Waals surface area contributed by atoms with Crippen LogP contribution in [0, 0.1) is 0 Å². The second kappa shape index (κ2) is 6.75. The standard InChI is InChI=1S/C14H18ClF3O3/c1-4-13(19,14(16,17)18)9-7-11(20-5-2)12(21-6-3)8-10(9)15/h7-8,19H,4-6H2,1-3H3. The predicted octanol–water partition coefficient (Wildman–Crippen LogP) is 4.30. The van der Waals surface area contributed by atoms with Gasteiger partial charge in [0.05, 0.1) is 18.2 Å². The highest BCUT2D eigenvalue weighted by Gasteiger charge is 2.54. The molecular formula is C14H18ClF3O3. The lowest BCUT2D eigenvalue weighted by Gasteiger charge is -2.31. The van der Waals surface area contributed by atoms with Crippen molar-refractivity contribution in [2.75, 3.05) is 13.2 Å². The van der Waals surface area contributed by atoms with Gasteiger partial charge in [-0.05, 0) is 26.3 Å². The van der Waals surface area contributed by atoms with Crippen molar-refractivity contribution in [3.8, 4) is 11.5 Å². The van der Waals surface area contributed by atoms with E-state index in [1.54, 1.807) is 13.8 Å². The van der Waals surface area contributed by atoms with Crippen molar-refractivity contribution in [1.82, 2.24) is 0 Å². The summed E-state index contributed by atoms with van der Waals surface area (Å²) < 4.78 is 50.0. The molecule has 7 heteroatoms. The molecule has 1 aromatic carbocycles. The summed E-state index contributed by atoms with van der Waals surface area (Å²) in [7, 11) is 0. The minimum Gasteiger partial charge on any atom is -0.490 e. The first kappa shape index (κ1) is 17.9. The van der Waals surface area contributed by atoms with E-state index in [-0.39, 0.29) is 23.1 Å². The van der Waals surface area contributed by atoms with E-state index in [0.717, 1.165) is 6.07 Å². The first-order chi connectivity index (χ1) is 9.71. The minimum absolute atomic E-state index is 0.120. The number of aliphatic hydroxyl groups is 1. The Morgan fingerprint density at radius 2 is 1.52 bits per heavy atom. The fraction of sp³-hybridized carbons (Fsp3) is 0.571. The highest BCUT2D eigenvalue weighted by molar-refractivity contribution is 6.31. The molecule has 0 aromatic heterocycles. The van der Waals surface area contributed by atoms with Gasteiger partial charge in [0.2, 0.25) is 0 Å². The van der Waals surface area contributed by atoms with Gasteiger partial charge in [0.1, 0.15) is 0 Å². The molecule has 0 saturated heterocycles. The van der Waals surface area contributed by atoms with Crippen molar-refractivity contribution in [3.63, 3.8) is 0 Å². The summed E-state index contributed by atoms with van der Waals surface area (Å²) in [6.45, 7) is 5.22. The van der Waals surface area contributed by atoms with Crippen LogP contribution in [-0.4, -0.2) is 24.5 Å². The van der Waals surface area contributed by atoms with Gasteiger partial charge in [-0.15, -0.1) is 0 Å². The number of rotatable bonds is 6. The second-order valence-corrected chi connectivity index (χ2v) is 4.76. The third-order valence-corrected chi connectivity index (χ3v) is 3.37. The molecule has 0 aliphatic heterocycles. The molecule has 1 unspecified atom stereocenters. The van der Waals surface area contributed by atoms with Gasteiger partial charge < -0.3 is 14.6 Å². The lowest BCUT2D eigenvalue weighted by Crippen LogP contribution is -2.42. The molecule has 1 atom stereocenters. The van der Waals surface area contributed by atoms with Crippen molar-refractivity contribution < 1.29 is 27.8 Å². The van der Waals surface area contributed by atoms with Crippen LogP contribution >= 0.6 is 11.6 Å². The smallest absolute Gasteiger partial charge is 0.421 e. The zero-order chi connectivity index (χ0) is 16.3. The predicted molar refractivity (Wildman–Crippen MR) is 74.0 cm³/mol. The summed E-state index contributed by atoms with van der Waals surface area (Å²) in [5.41, 5.74) is -3.47. The van der Waals surface area contributed by atoms with Crippen LogP contribution in [0.25, 0.3) is 0 Å². The summed E-state index contributed by atoms with van der Waals surface area (Å²) in [4.78, 5) is 0. The van der Waals surface area contributed by atoms with Crippen molar-refractivity contribution >= 4 is 11.6 Å². The van der Waals surface area contributed by atoms with Crippen molar-refractivity contribution in [2.24, 2.45) is 0 Å². The molecule has 0 fully saturated rings. The molecular weight excluding hydrogens is 309 g/mol. The molecule has 0 radical (unpaired) electrons. The Bertz CT molecular complexity index is 491. The van der Waals surface area contributed by atoms with Crippen LogP contribution < -0.4 is 9.47 Å². The summed E-state index contributed by atoms with van der Waals surface area (Å²) in [6.07, 6.45) is -5.40. The van der Waals surface area contributed by atoms with Gasteiger partial charge in [0.15, 0.2) is 17.1 Å². The average molecular weight is 327 g/mol. The van der Waals surface area contributed by atoms with Gasteiger partial charge in [-0.25, -0.2) is 0 Å². The Morgan fingerprint density at radius 1 is 1.05 bits per heavy atom. The maximum atomic E-state index is 13.2. The van der Waals surface area contributed by atoms with Gasteiger partial charge in [-0.2, -0.15) is 13.2 Å². The zero-order valence-electron chi connectivity index (χ0n) is 12.1. The van der Waals surface area contributed by atoms with Gasteiger partial charge in [-0.3, -0.25) is 0 Å². The Kier molecular flexibility index (Phi) is 5.75. The number of hydrogen-bond acceptors (Lipinski definition) is 3. The Labute approximate surface area is 126 Å². The first-order valence-corrected chi connectivity index (χ1v) is 6.97. The Hall–Kier alpha value is -1.14. The molecule has 21 heavy (non-hydrogen) atoms. The van der Waals surface area contributed by atoms with Crippen LogP contribution in [0.3, 0.4) is 0 Å². The van der Waals surface area contributed by atoms with Crippen LogP contribution in [0.15, 0.2) is 12.1 Å². The second-order valence-electron chi connectivity index (χ2n) is 4.36. The van der Waals surface area contributed by atoms with E-state index in [0.29, 0.717) is 6.61 Å². The molecule has 0 amide bonds. The zero-order valence-corrected chi connectivity index (χ0v) is 12.8. The molecule has 0 heterocycles. The molecule has 0 spiro atoms. The summed E-state index contributed by atoms with van der Waals surface area (Å²) >= 11 is 5.91. The van der Waals surface area contributed by atoms with E-state index < -0.39 is 23.8 Å². The SMILES string of the molecule is CCOc1cc(Cl)c(C(O)(CC)C(F)(F)F)cc1OCC. The topological polar surface area (TPSA) is 38.7 Å². The van der Waals surface area contributed by atoms with E-state index in [1.165, 1.54) is 13.0 Å². The minimum atomic E-state index is -4.85. The quantitative estimate of drug-likeness (QED) is 0.847.